The first-order valence-electron chi connectivity index (χ1n) is 6.30. The molecule has 8 nitrogen and oxygen atoms in total. The van der Waals surface area contributed by atoms with Crippen molar-refractivity contribution in [2.24, 2.45) is 7.05 Å². The Labute approximate surface area is 120 Å². The van der Waals surface area contributed by atoms with Gasteiger partial charge in [0, 0.05) is 19.4 Å². The quantitative estimate of drug-likeness (QED) is 0.764. The van der Waals surface area contributed by atoms with Crippen molar-refractivity contribution in [1.82, 2.24) is 29.5 Å². The minimum atomic E-state index is -0.283. The highest BCUT2D eigenvalue weighted by Gasteiger charge is 2.20. The first-order valence-corrected chi connectivity index (χ1v) is 6.30. The van der Waals surface area contributed by atoms with Gasteiger partial charge in [-0.1, -0.05) is 0 Å². The molecule has 0 atom stereocenters. The van der Waals surface area contributed by atoms with Crippen LogP contribution < -0.4 is 10.3 Å². The van der Waals surface area contributed by atoms with Crippen LogP contribution in [0.2, 0.25) is 0 Å². The summed E-state index contributed by atoms with van der Waals surface area (Å²) < 4.78 is 8.58. The third kappa shape index (κ3) is 2.10. The van der Waals surface area contributed by atoms with Crippen molar-refractivity contribution < 1.29 is 4.74 Å². The van der Waals surface area contributed by atoms with E-state index in [0.717, 1.165) is 0 Å². The van der Waals surface area contributed by atoms with Gasteiger partial charge in [-0.15, -0.1) is 10.2 Å². The van der Waals surface area contributed by atoms with Gasteiger partial charge in [-0.2, -0.15) is 5.10 Å². The summed E-state index contributed by atoms with van der Waals surface area (Å²) in [7, 11) is 3.32. The second-order valence-electron chi connectivity index (χ2n) is 4.50. The third-order valence-electron chi connectivity index (χ3n) is 3.11. The van der Waals surface area contributed by atoms with Gasteiger partial charge in [-0.05, 0) is 19.1 Å². The number of aromatic amines is 1. The zero-order chi connectivity index (χ0) is 15.0. The Morgan fingerprint density at radius 3 is 2.76 bits per heavy atom. The maximum atomic E-state index is 12.2. The lowest BCUT2D eigenvalue weighted by Crippen LogP contribution is -2.17. The Morgan fingerprint density at radius 1 is 1.29 bits per heavy atom. The summed E-state index contributed by atoms with van der Waals surface area (Å²) >= 11 is 0. The Kier molecular flexibility index (Phi) is 3.05. The van der Waals surface area contributed by atoms with Crippen molar-refractivity contribution in [3.63, 3.8) is 0 Å². The molecule has 1 N–H and O–H groups in total. The monoisotopic (exact) mass is 286 g/mol. The fourth-order valence-corrected chi connectivity index (χ4v) is 2.16. The number of hydrogen-bond acceptors (Lipinski definition) is 5. The number of aromatic nitrogens is 6. The molecule has 3 heterocycles. The average molecular weight is 286 g/mol. The van der Waals surface area contributed by atoms with E-state index in [-0.39, 0.29) is 5.56 Å². The van der Waals surface area contributed by atoms with Gasteiger partial charge in [0.25, 0.3) is 5.56 Å². The predicted octanol–water partition coefficient (Wildman–Crippen LogP) is 0.673. The lowest BCUT2D eigenvalue weighted by atomic mass is 10.3. The molecule has 0 spiro atoms. The Morgan fingerprint density at radius 2 is 2.10 bits per heavy atom. The van der Waals surface area contributed by atoms with Crippen molar-refractivity contribution >= 4 is 0 Å². The lowest BCUT2D eigenvalue weighted by Gasteiger charge is -2.10. The number of nitrogens with zero attached hydrogens (tertiary/aromatic N) is 5. The molecule has 3 aromatic heterocycles. The van der Waals surface area contributed by atoms with Gasteiger partial charge in [0.15, 0.2) is 11.5 Å². The van der Waals surface area contributed by atoms with Gasteiger partial charge in [0.05, 0.1) is 7.11 Å². The van der Waals surface area contributed by atoms with Gasteiger partial charge < -0.3 is 9.72 Å². The maximum absolute atomic E-state index is 12.2. The minimum Gasteiger partial charge on any atom is -0.494 e. The molecule has 0 saturated heterocycles. The minimum absolute atomic E-state index is 0.283. The Balaban J connectivity index is 2.30. The van der Waals surface area contributed by atoms with Gasteiger partial charge in [-0.3, -0.25) is 14.0 Å². The molecule has 108 valence electrons. The third-order valence-corrected chi connectivity index (χ3v) is 3.11. The van der Waals surface area contributed by atoms with Crippen LogP contribution >= 0.6 is 0 Å². The molecule has 0 saturated carbocycles. The predicted molar refractivity (Wildman–Crippen MR) is 75.5 cm³/mol. The zero-order valence-corrected chi connectivity index (χ0v) is 11.9. The van der Waals surface area contributed by atoms with Crippen molar-refractivity contribution in [2.45, 2.75) is 6.92 Å². The van der Waals surface area contributed by atoms with Crippen molar-refractivity contribution in [3.05, 3.63) is 40.7 Å². The van der Waals surface area contributed by atoms with Crippen LogP contribution in [0, 0.1) is 6.92 Å². The first kappa shape index (κ1) is 13.1. The standard InChI is InChI=1S/C13H14N6O2/c1-8-15-16-12(9-5-7-18(2)17-9)19(8)11-10(21-3)4-6-14-13(11)20/h4-7H,1-3H3,(H,14,20). The number of H-pyrrole nitrogens is 1. The van der Waals surface area contributed by atoms with Gasteiger partial charge in [0.2, 0.25) is 0 Å². The zero-order valence-electron chi connectivity index (χ0n) is 11.9. The number of rotatable bonds is 3. The highest BCUT2D eigenvalue weighted by molar-refractivity contribution is 5.56. The number of hydrogen-bond donors (Lipinski definition) is 1. The van der Waals surface area contributed by atoms with Crippen molar-refractivity contribution in [1.29, 1.82) is 0 Å². The largest absolute Gasteiger partial charge is 0.494 e. The smallest absolute Gasteiger partial charge is 0.276 e. The lowest BCUT2D eigenvalue weighted by molar-refractivity contribution is 0.411. The number of ether oxygens (including phenoxy) is 1. The molecular formula is C13H14N6O2. The van der Waals surface area contributed by atoms with Crippen LogP contribution in [0.4, 0.5) is 0 Å². The summed E-state index contributed by atoms with van der Waals surface area (Å²) in [5.41, 5.74) is 0.681. The van der Waals surface area contributed by atoms with E-state index in [2.05, 4.69) is 20.3 Å². The van der Waals surface area contributed by atoms with Gasteiger partial charge >= 0.3 is 0 Å². The Hall–Kier alpha value is -2.90. The van der Waals surface area contributed by atoms with E-state index in [1.165, 1.54) is 13.3 Å². The van der Waals surface area contributed by atoms with Crippen LogP contribution in [0.3, 0.4) is 0 Å². The van der Waals surface area contributed by atoms with Gasteiger partial charge in [-0.25, -0.2) is 0 Å². The number of pyridine rings is 1. The normalized spacial score (nSPS) is 10.8. The van der Waals surface area contributed by atoms with Crippen molar-refractivity contribution in [3.8, 4) is 23.0 Å². The average Bonchev–Trinajstić information content (AvgIpc) is 3.05. The molecule has 0 unspecified atom stereocenters. The van der Waals surface area contributed by atoms with Crippen LogP contribution in [0.1, 0.15) is 5.82 Å². The van der Waals surface area contributed by atoms with Crippen LogP contribution in [-0.2, 0) is 7.05 Å². The summed E-state index contributed by atoms with van der Waals surface area (Å²) in [6, 6.07) is 3.49. The molecule has 0 radical (unpaired) electrons. The fourth-order valence-electron chi connectivity index (χ4n) is 2.16. The molecule has 0 aliphatic heterocycles. The van der Waals surface area contributed by atoms with E-state index in [0.29, 0.717) is 28.8 Å². The fraction of sp³-hybridized carbons (Fsp3) is 0.231. The summed E-state index contributed by atoms with van der Waals surface area (Å²) in [5.74, 6) is 1.51. The molecule has 21 heavy (non-hydrogen) atoms. The molecule has 0 aliphatic carbocycles. The van der Waals surface area contributed by atoms with Crippen molar-refractivity contribution in [2.75, 3.05) is 7.11 Å². The van der Waals surface area contributed by atoms with E-state index in [1.807, 2.05) is 13.1 Å². The van der Waals surface area contributed by atoms with E-state index in [4.69, 9.17) is 4.74 Å². The summed E-state index contributed by atoms with van der Waals surface area (Å²) in [6.07, 6.45) is 3.33. The second-order valence-corrected chi connectivity index (χ2v) is 4.50. The number of methoxy groups -OCH3 is 1. The topological polar surface area (TPSA) is 90.6 Å². The molecule has 8 heteroatoms. The summed E-state index contributed by atoms with van der Waals surface area (Å²) in [6.45, 7) is 1.77. The number of nitrogens with one attached hydrogen (secondary N) is 1. The van der Waals surface area contributed by atoms with E-state index in [1.54, 1.807) is 28.4 Å². The van der Waals surface area contributed by atoms with Gasteiger partial charge in [0.1, 0.15) is 17.3 Å². The van der Waals surface area contributed by atoms with Crippen LogP contribution in [0.5, 0.6) is 5.75 Å². The maximum Gasteiger partial charge on any atom is 0.276 e. The molecule has 0 aliphatic rings. The molecule has 3 aromatic rings. The van der Waals surface area contributed by atoms with Crippen LogP contribution in [-0.4, -0.2) is 36.6 Å². The molecule has 0 aromatic carbocycles. The number of aryl methyl sites for hydroxylation is 2. The van der Waals surface area contributed by atoms with E-state index < -0.39 is 0 Å². The molecule has 0 fully saturated rings. The van der Waals surface area contributed by atoms with Crippen LogP contribution in [0.15, 0.2) is 29.3 Å². The second kappa shape index (κ2) is 4.89. The molecule has 0 amide bonds. The molecule has 0 bridgehead atoms. The Bertz CT molecular complexity index is 844. The molecule has 3 rings (SSSR count). The van der Waals surface area contributed by atoms with Crippen LogP contribution in [0.25, 0.3) is 17.2 Å². The van der Waals surface area contributed by atoms with E-state index >= 15 is 0 Å². The SMILES string of the molecule is COc1cc[nH]c(=O)c1-n1c(C)nnc1-c1ccn(C)n1. The molecular weight excluding hydrogens is 272 g/mol. The first-order chi connectivity index (χ1) is 10.1. The highest BCUT2D eigenvalue weighted by atomic mass is 16.5. The highest BCUT2D eigenvalue weighted by Crippen LogP contribution is 2.24. The van der Waals surface area contributed by atoms with E-state index in [9.17, 15) is 4.79 Å². The summed E-state index contributed by atoms with van der Waals surface area (Å²) in [5, 5.41) is 12.5. The summed E-state index contributed by atoms with van der Waals surface area (Å²) in [4.78, 5) is 14.8.